The van der Waals surface area contributed by atoms with Crippen LogP contribution in [0.4, 0.5) is 0 Å². The van der Waals surface area contributed by atoms with Crippen molar-refractivity contribution in [3.05, 3.63) is 23.0 Å². The van der Waals surface area contributed by atoms with E-state index in [-0.39, 0.29) is 12.5 Å². The molecular formula is C24H48N2O15. The lowest BCUT2D eigenvalue weighted by molar-refractivity contribution is -0.369. The highest BCUT2D eigenvalue weighted by molar-refractivity contribution is 5.10. The van der Waals surface area contributed by atoms with Crippen molar-refractivity contribution < 1.29 is 75.8 Å². The first-order chi connectivity index (χ1) is 19.1. The fraction of sp³-hybridized carbons (Fsp3) is 0.833. The quantitative estimate of drug-likeness (QED) is 0.0253. The monoisotopic (exact) mass is 604 g/mol. The summed E-state index contributed by atoms with van der Waals surface area (Å²) in [4.78, 5) is 10.0. The van der Waals surface area contributed by atoms with E-state index in [0.717, 1.165) is 0 Å². The van der Waals surface area contributed by atoms with E-state index in [1.165, 1.54) is 0 Å². The zero-order valence-corrected chi connectivity index (χ0v) is 23.6. The molecule has 0 aliphatic carbocycles. The van der Waals surface area contributed by atoms with Crippen LogP contribution in [0.2, 0.25) is 0 Å². The zero-order chi connectivity index (χ0) is 31.9. The van der Waals surface area contributed by atoms with Gasteiger partial charge >= 0.3 is 0 Å². The van der Waals surface area contributed by atoms with Crippen LogP contribution in [-0.2, 0) is 14.5 Å². The van der Waals surface area contributed by atoms with Crippen molar-refractivity contribution in [3.63, 3.8) is 0 Å². The molecule has 0 saturated carbocycles. The first-order valence-corrected chi connectivity index (χ1v) is 13.1. The fourth-order valence-corrected chi connectivity index (χ4v) is 3.28. The molecule has 17 heteroatoms. The molecule has 8 unspecified atom stereocenters. The molecule has 0 bridgehead atoms. The van der Waals surface area contributed by atoms with Gasteiger partial charge < -0.3 is 70.9 Å². The van der Waals surface area contributed by atoms with Crippen molar-refractivity contribution in [2.24, 2.45) is 0 Å². The third-order valence-electron chi connectivity index (χ3n) is 5.41. The van der Waals surface area contributed by atoms with Gasteiger partial charge in [-0.1, -0.05) is 0 Å². The summed E-state index contributed by atoms with van der Waals surface area (Å²) in [7, 11) is 0. The second kappa shape index (κ2) is 20.1. The Morgan fingerprint density at radius 2 is 1.17 bits per heavy atom. The van der Waals surface area contributed by atoms with Gasteiger partial charge in [0.25, 0.3) is 0 Å². The van der Waals surface area contributed by atoms with Crippen molar-refractivity contribution in [1.29, 1.82) is 0 Å². The molecule has 0 aromatic rings. The van der Waals surface area contributed by atoms with Gasteiger partial charge in [-0.05, 0) is 34.1 Å². The van der Waals surface area contributed by atoms with Gasteiger partial charge in [-0.3, -0.25) is 10.6 Å². The van der Waals surface area contributed by atoms with Gasteiger partial charge in [0.2, 0.25) is 5.76 Å². The minimum atomic E-state index is -2.35. The van der Waals surface area contributed by atoms with Crippen molar-refractivity contribution in [1.82, 2.24) is 10.6 Å². The highest BCUT2D eigenvalue weighted by Gasteiger charge is 2.39. The van der Waals surface area contributed by atoms with E-state index in [0.29, 0.717) is 0 Å². The van der Waals surface area contributed by atoms with Crippen molar-refractivity contribution in [2.75, 3.05) is 19.8 Å². The lowest BCUT2D eigenvalue weighted by Crippen LogP contribution is -2.49. The maximum absolute atomic E-state index is 10.8. The molecule has 14 N–H and O–H groups in total. The van der Waals surface area contributed by atoms with Crippen LogP contribution in [0.3, 0.4) is 0 Å². The van der Waals surface area contributed by atoms with E-state index < -0.39 is 111 Å². The molecule has 0 amide bonds. The van der Waals surface area contributed by atoms with Gasteiger partial charge in [-0.2, -0.15) is 4.89 Å². The number of nitrogens with one attached hydrogen (secondary N) is 2. The Balaban J connectivity index is 6.31. The highest BCUT2D eigenvalue weighted by atomic mass is 17.2. The molecule has 0 rings (SSSR count). The van der Waals surface area contributed by atoms with E-state index in [9.17, 15) is 51.1 Å². The van der Waals surface area contributed by atoms with Crippen molar-refractivity contribution in [3.8, 4) is 0 Å². The third kappa shape index (κ3) is 13.8. The number of aliphatic hydroxyl groups is 12. The second-order valence-corrected chi connectivity index (χ2v) is 9.74. The van der Waals surface area contributed by atoms with Gasteiger partial charge in [-0.25, -0.2) is 0 Å². The smallest absolute Gasteiger partial charge is 0.225 e. The van der Waals surface area contributed by atoms with Crippen LogP contribution in [0.25, 0.3) is 0 Å². The summed E-state index contributed by atoms with van der Waals surface area (Å²) >= 11 is 0. The average Bonchev–Trinajstić information content (AvgIpc) is 2.88. The minimum absolute atomic E-state index is 0.337. The van der Waals surface area contributed by atoms with Gasteiger partial charge in [0.15, 0.2) is 42.1 Å². The van der Waals surface area contributed by atoms with Crippen LogP contribution in [0.5, 0.6) is 0 Å². The average molecular weight is 605 g/mol. The number of hydrogen-bond acceptors (Lipinski definition) is 17. The maximum atomic E-state index is 10.8. The van der Waals surface area contributed by atoms with E-state index in [1.54, 1.807) is 27.7 Å². The largest absolute Gasteiger partial charge is 0.506 e. The number of ether oxygens (including phenoxy) is 1. The summed E-state index contributed by atoms with van der Waals surface area (Å²) in [5.41, 5.74) is 0. The maximum Gasteiger partial charge on any atom is 0.225 e. The van der Waals surface area contributed by atoms with Crippen LogP contribution < -0.4 is 10.6 Å². The topological polar surface area (TPSA) is 295 Å². The van der Waals surface area contributed by atoms with Crippen LogP contribution in [0, 0.1) is 0 Å². The van der Waals surface area contributed by atoms with E-state index >= 15 is 0 Å². The Kier molecular flexibility index (Phi) is 19.2. The molecule has 0 radical (unpaired) electrons. The summed E-state index contributed by atoms with van der Waals surface area (Å²) < 4.78 is 5.26. The summed E-state index contributed by atoms with van der Waals surface area (Å²) in [6.45, 7) is 4.67. The summed E-state index contributed by atoms with van der Waals surface area (Å²) in [5, 5.41) is 126. The van der Waals surface area contributed by atoms with Crippen molar-refractivity contribution in [2.45, 2.75) is 108 Å². The normalized spacial score (nSPS) is 19.6. The standard InChI is InChI=1S/C24H48N2O15/c1-11(2)25-22(36)19(35)18(34)15(7-10-29)39-24(38)21(17(33)14(31)6-9-28)41-40-20(23(37)26-12(3)4)16(32)13(30)5-8-27/h11-15,17,21-38H,5-10H2,1-4H3/b19-18-,20-16-. The number of aliphatic hydroxyl groups excluding tert-OH is 12. The molecule has 0 spiro atoms. The van der Waals surface area contributed by atoms with Crippen molar-refractivity contribution >= 4 is 0 Å². The molecule has 0 aliphatic rings. The van der Waals surface area contributed by atoms with Crippen LogP contribution in [0.15, 0.2) is 23.0 Å². The Labute approximate surface area is 238 Å². The Bertz CT molecular complexity index is 782. The first kappa shape index (κ1) is 39.2. The van der Waals surface area contributed by atoms with Gasteiger partial charge in [0.05, 0.1) is 6.10 Å². The molecule has 244 valence electrons. The Morgan fingerprint density at radius 1 is 0.659 bits per heavy atom. The molecule has 0 aliphatic heterocycles. The Morgan fingerprint density at radius 3 is 1.66 bits per heavy atom. The summed E-state index contributed by atoms with van der Waals surface area (Å²) in [6, 6.07) is -0.744. The van der Waals surface area contributed by atoms with E-state index in [2.05, 4.69) is 10.6 Å². The molecule has 0 saturated heterocycles. The van der Waals surface area contributed by atoms with Crippen LogP contribution in [-0.4, -0.2) is 142 Å². The molecule has 0 aromatic carbocycles. The third-order valence-corrected chi connectivity index (χ3v) is 5.41. The summed E-state index contributed by atoms with van der Waals surface area (Å²) in [6.07, 6.45) is -16.6. The minimum Gasteiger partial charge on any atom is -0.506 e. The molecule has 0 aromatic heterocycles. The molecular weight excluding hydrogens is 556 g/mol. The molecule has 17 nitrogen and oxygen atoms in total. The van der Waals surface area contributed by atoms with Crippen LogP contribution in [0.1, 0.15) is 47.0 Å². The Hall–Kier alpha value is -1.84. The second-order valence-electron chi connectivity index (χ2n) is 9.74. The van der Waals surface area contributed by atoms with Gasteiger partial charge in [0, 0.05) is 44.7 Å². The molecule has 0 heterocycles. The lowest BCUT2D eigenvalue weighted by atomic mass is 10.0. The molecule has 0 fully saturated rings. The zero-order valence-electron chi connectivity index (χ0n) is 23.6. The fourth-order valence-electron chi connectivity index (χ4n) is 3.28. The number of hydrogen-bond donors (Lipinski definition) is 14. The number of rotatable bonds is 22. The van der Waals surface area contributed by atoms with E-state index in [1.807, 2.05) is 0 Å². The van der Waals surface area contributed by atoms with Gasteiger partial charge in [0.1, 0.15) is 18.3 Å². The van der Waals surface area contributed by atoms with Crippen LogP contribution >= 0.6 is 0 Å². The highest BCUT2D eigenvalue weighted by Crippen LogP contribution is 2.23. The van der Waals surface area contributed by atoms with Gasteiger partial charge in [-0.15, -0.1) is 0 Å². The predicted molar refractivity (Wildman–Crippen MR) is 140 cm³/mol. The summed E-state index contributed by atoms with van der Waals surface area (Å²) in [5.74, 6) is -3.86. The predicted octanol–water partition coefficient (Wildman–Crippen LogP) is -3.03. The SMILES string of the molecule is CC(C)NC(O)/C(O)=C(/O)C(CCO)OC(O)C(OO/C(=C(\O)C(O)CCO)C(O)NC(C)C)C(O)C(O)CCO. The lowest BCUT2D eigenvalue weighted by Gasteiger charge is -2.32. The first-order valence-electron chi connectivity index (χ1n) is 13.1. The molecule has 41 heavy (non-hydrogen) atoms. The molecule has 8 atom stereocenters. The van der Waals surface area contributed by atoms with E-state index in [4.69, 9.17) is 24.7 Å².